The lowest BCUT2D eigenvalue weighted by molar-refractivity contribution is -0.120. The van der Waals surface area contributed by atoms with Gasteiger partial charge in [-0.05, 0) is 61.6 Å². The average Bonchev–Trinajstić information content (AvgIpc) is 3.46. The number of allylic oxidation sites excluding steroid dienone is 3. The number of halogens is 2. The molecule has 3 atom stereocenters. The van der Waals surface area contributed by atoms with Crippen molar-refractivity contribution < 1.29 is 18.7 Å². The minimum absolute atomic E-state index is 0.158. The van der Waals surface area contributed by atoms with E-state index in [0.29, 0.717) is 5.57 Å². The quantitative estimate of drug-likeness (QED) is 0.572. The molecule has 6 heteroatoms. The highest BCUT2D eigenvalue weighted by molar-refractivity contribution is 5.73. The second-order valence-electron chi connectivity index (χ2n) is 8.05. The molecule has 0 radical (unpaired) electrons. The van der Waals surface area contributed by atoms with Crippen LogP contribution < -0.4 is 10.6 Å². The third-order valence-electron chi connectivity index (χ3n) is 5.52. The van der Waals surface area contributed by atoms with E-state index in [1.165, 1.54) is 19.1 Å². The molecule has 1 fully saturated rings. The van der Waals surface area contributed by atoms with E-state index in [4.69, 9.17) is 0 Å². The molecule has 1 aromatic rings. The first kappa shape index (κ1) is 22.2. The molecule has 0 heterocycles. The summed E-state index contributed by atoms with van der Waals surface area (Å²) in [4.78, 5) is 11.6. The van der Waals surface area contributed by atoms with Gasteiger partial charge in [0.1, 0.15) is 12.0 Å². The lowest BCUT2D eigenvalue weighted by Crippen LogP contribution is -2.48. The summed E-state index contributed by atoms with van der Waals surface area (Å²) in [6, 6.07) is 7.37. The van der Waals surface area contributed by atoms with Crippen molar-refractivity contribution in [3.8, 4) is 11.8 Å². The van der Waals surface area contributed by atoms with Crippen LogP contribution in [0.1, 0.15) is 50.7 Å². The van der Waals surface area contributed by atoms with Crippen molar-refractivity contribution in [1.29, 1.82) is 0 Å². The molecule has 2 aliphatic rings. The second kappa shape index (κ2) is 9.55. The van der Waals surface area contributed by atoms with Crippen LogP contribution in [-0.2, 0) is 10.3 Å². The number of amides is 1. The van der Waals surface area contributed by atoms with Crippen LogP contribution in [0.3, 0.4) is 0 Å². The van der Waals surface area contributed by atoms with Crippen molar-refractivity contribution in [1.82, 2.24) is 10.6 Å². The fraction of sp³-hybridized carbons (Fsp3) is 0.458. The predicted octanol–water partition coefficient (Wildman–Crippen LogP) is 3.41. The molecule has 1 saturated carbocycles. The van der Waals surface area contributed by atoms with Crippen molar-refractivity contribution in [3.05, 3.63) is 58.9 Å². The highest BCUT2D eigenvalue weighted by Crippen LogP contribution is 2.45. The maximum absolute atomic E-state index is 13.7. The third-order valence-corrected chi connectivity index (χ3v) is 5.52. The lowest BCUT2D eigenvalue weighted by atomic mass is 9.95. The Morgan fingerprint density at radius 3 is 2.80 bits per heavy atom. The van der Waals surface area contributed by atoms with Gasteiger partial charge in [-0.3, -0.25) is 4.79 Å². The number of carbonyl (C=O) groups is 1. The fourth-order valence-electron chi connectivity index (χ4n) is 3.88. The summed E-state index contributed by atoms with van der Waals surface area (Å²) in [6.45, 7) is 3.40. The van der Waals surface area contributed by atoms with Gasteiger partial charge < -0.3 is 15.7 Å². The number of rotatable bonds is 8. The van der Waals surface area contributed by atoms with Gasteiger partial charge in [-0.15, -0.1) is 5.92 Å². The Morgan fingerprint density at radius 1 is 1.40 bits per heavy atom. The number of aliphatic hydroxyl groups excluding tert-OH is 1. The Bertz CT molecular complexity index is 909. The maximum atomic E-state index is 13.7. The maximum Gasteiger partial charge on any atom is 0.217 e. The van der Waals surface area contributed by atoms with Gasteiger partial charge in [0.2, 0.25) is 5.91 Å². The number of hydrogen-bond acceptors (Lipinski definition) is 3. The monoisotopic (exact) mass is 414 g/mol. The van der Waals surface area contributed by atoms with E-state index in [9.17, 15) is 18.7 Å². The van der Waals surface area contributed by atoms with Crippen LogP contribution in [0.5, 0.6) is 0 Å². The van der Waals surface area contributed by atoms with Crippen molar-refractivity contribution in [2.75, 3.05) is 6.54 Å². The zero-order valence-electron chi connectivity index (χ0n) is 17.3. The first-order chi connectivity index (χ1) is 14.3. The molecular formula is C24H28F2N2O2. The summed E-state index contributed by atoms with van der Waals surface area (Å²) in [5.41, 5.74) is 2.29. The van der Waals surface area contributed by atoms with Crippen LogP contribution in [0, 0.1) is 11.8 Å². The van der Waals surface area contributed by atoms with E-state index in [1.807, 2.05) is 18.2 Å². The van der Waals surface area contributed by atoms with E-state index in [1.54, 1.807) is 6.92 Å². The summed E-state index contributed by atoms with van der Waals surface area (Å²) < 4.78 is 27.3. The van der Waals surface area contributed by atoms with Gasteiger partial charge in [0.25, 0.3) is 0 Å². The van der Waals surface area contributed by atoms with Gasteiger partial charge >= 0.3 is 0 Å². The Hall–Kier alpha value is -2.49. The topological polar surface area (TPSA) is 61.4 Å². The van der Waals surface area contributed by atoms with Crippen molar-refractivity contribution in [3.63, 3.8) is 0 Å². The van der Waals surface area contributed by atoms with E-state index >= 15 is 0 Å². The summed E-state index contributed by atoms with van der Waals surface area (Å²) in [6.07, 6.45) is 2.11. The molecule has 0 spiro atoms. The Labute approximate surface area is 176 Å². The molecule has 1 aromatic carbocycles. The molecule has 0 saturated heterocycles. The largest absolute Gasteiger partial charge is 0.390 e. The van der Waals surface area contributed by atoms with Crippen LogP contribution in [0.25, 0.3) is 0 Å². The van der Waals surface area contributed by atoms with Crippen LogP contribution >= 0.6 is 0 Å². The number of alkyl halides is 1. The molecule has 160 valence electrons. The van der Waals surface area contributed by atoms with E-state index in [0.717, 1.165) is 24.0 Å². The number of aliphatic hydroxyl groups is 1. The summed E-state index contributed by atoms with van der Waals surface area (Å²) in [5, 5.41) is 16.9. The standard InChI is InChI=1S/C24H28F2N2O2/c1-3-5-17-6-4-7-19(10-17)24(8-9-24)27-15-23(30)22(28-16(2)29)13-18-11-20(25)14-21(26)12-18/h4,6-7,10-12,20,22-23,27,30H,8-9,13-15H2,1-2H3,(H,28,29)/t20?,22-,23+/m0/s1. The Balaban J connectivity index is 1.67. The minimum atomic E-state index is -1.38. The van der Waals surface area contributed by atoms with Crippen LogP contribution in [0.4, 0.5) is 8.78 Å². The predicted molar refractivity (Wildman–Crippen MR) is 113 cm³/mol. The van der Waals surface area contributed by atoms with Gasteiger partial charge in [0, 0.05) is 31.0 Å². The van der Waals surface area contributed by atoms with Gasteiger partial charge in [0.15, 0.2) is 0 Å². The first-order valence-corrected chi connectivity index (χ1v) is 10.3. The lowest BCUT2D eigenvalue weighted by Gasteiger charge is -2.28. The third kappa shape index (κ3) is 5.78. The zero-order valence-corrected chi connectivity index (χ0v) is 17.3. The molecule has 2 aliphatic carbocycles. The number of nitrogens with one attached hydrogen (secondary N) is 2. The molecule has 0 bridgehead atoms. The van der Waals surface area contributed by atoms with E-state index in [-0.39, 0.29) is 30.8 Å². The zero-order chi connectivity index (χ0) is 21.7. The van der Waals surface area contributed by atoms with Gasteiger partial charge in [-0.25, -0.2) is 8.78 Å². The fourth-order valence-corrected chi connectivity index (χ4v) is 3.88. The van der Waals surface area contributed by atoms with E-state index in [2.05, 4.69) is 28.5 Å². The van der Waals surface area contributed by atoms with Crippen molar-refractivity contribution >= 4 is 5.91 Å². The second-order valence-corrected chi connectivity index (χ2v) is 8.05. The molecule has 30 heavy (non-hydrogen) atoms. The average molecular weight is 414 g/mol. The number of hydrogen-bond donors (Lipinski definition) is 3. The van der Waals surface area contributed by atoms with Gasteiger partial charge in [-0.1, -0.05) is 18.1 Å². The molecule has 0 aromatic heterocycles. The summed E-state index contributed by atoms with van der Waals surface area (Å²) in [5.74, 6) is 5.13. The molecule has 0 aliphatic heterocycles. The summed E-state index contributed by atoms with van der Waals surface area (Å²) >= 11 is 0. The van der Waals surface area contributed by atoms with Crippen LogP contribution in [0.15, 0.2) is 47.8 Å². The van der Waals surface area contributed by atoms with Crippen LogP contribution in [-0.4, -0.2) is 35.9 Å². The highest BCUT2D eigenvalue weighted by Gasteiger charge is 2.44. The van der Waals surface area contributed by atoms with Crippen molar-refractivity contribution in [2.45, 2.75) is 63.4 Å². The molecule has 3 rings (SSSR count). The molecule has 3 N–H and O–H groups in total. The highest BCUT2D eigenvalue weighted by atomic mass is 19.1. The smallest absolute Gasteiger partial charge is 0.217 e. The first-order valence-electron chi connectivity index (χ1n) is 10.3. The Morgan fingerprint density at radius 2 is 2.17 bits per heavy atom. The Kier molecular flexibility index (Phi) is 7.06. The molecule has 4 nitrogen and oxygen atoms in total. The molecular weight excluding hydrogens is 386 g/mol. The van der Waals surface area contributed by atoms with Crippen LogP contribution in [0.2, 0.25) is 0 Å². The van der Waals surface area contributed by atoms with E-state index < -0.39 is 24.1 Å². The normalized spacial score (nSPS) is 21.4. The van der Waals surface area contributed by atoms with Gasteiger partial charge in [0.05, 0.1) is 12.1 Å². The van der Waals surface area contributed by atoms with Crippen molar-refractivity contribution in [2.24, 2.45) is 0 Å². The van der Waals surface area contributed by atoms with Gasteiger partial charge in [-0.2, -0.15) is 0 Å². The minimum Gasteiger partial charge on any atom is -0.390 e. The molecule has 1 unspecified atom stereocenters. The summed E-state index contributed by atoms with van der Waals surface area (Å²) in [7, 11) is 0. The molecule has 1 amide bonds. The SMILES string of the molecule is CC#Cc1cccc(C2(NC[C@@H](O)[C@H](CC3=CC(F)CC(F)=C3)NC(C)=O)CC2)c1. The number of carbonyl (C=O) groups excluding carboxylic acids is 1. The number of benzene rings is 1.